The summed E-state index contributed by atoms with van der Waals surface area (Å²) in [6.07, 6.45) is 3.20. The van der Waals surface area contributed by atoms with Gasteiger partial charge in [0.25, 0.3) is 11.8 Å². The molecule has 0 spiro atoms. The predicted molar refractivity (Wildman–Crippen MR) is 197 cm³/mol. The van der Waals surface area contributed by atoms with E-state index in [0.29, 0.717) is 30.4 Å². The first kappa shape index (κ1) is 37.9. The molecule has 6 rings (SSSR count). The number of nitrogens with one attached hydrogen (secondary N) is 2. The van der Waals surface area contributed by atoms with Crippen molar-refractivity contribution in [2.24, 2.45) is 0 Å². The fraction of sp³-hybridized carbons (Fsp3) is 0.389. The van der Waals surface area contributed by atoms with Crippen molar-refractivity contribution in [3.8, 4) is 0 Å². The Hall–Kier alpha value is -4.83. The van der Waals surface area contributed by atoms with Crippen molar-refractivity contribution in [3.05, 3.63) is 117 Å². The minimum atomic E-state index is -3.67. The molecule has 2 N–H and O–H groups in total. The summed E-state index contributed by atoms with van der Waals surface area (Å²) in [5, 5.41) is 5.29. The Bertz CT molecular complexity index is 2060. The zero-order valence-corrected chi connectivity index (χ0v) is 30.6. The van der Waals surface area contributed by atoms with E-state index in [0.717, 1.165) is 6.42 Å². The van der Waals surface area contributed by atoms with E-state index in [1.54, 1.807) is 85.5 Å². The van der Waals surface area contributed by atoms with Crippen LogP contribution in [0.25, 0.3) is 0 Å². The van der Waals surface area contributed by atoms with Gasteiger partial charge in [0.15, 0.2) is 6.23 Å². The van der Waals surface area contributed by atoms with E-state index in [9.17, 15) is 23.7 Å². The maximum Gasteiger partial charge on any atom is 0.351 e. The van der Waals surface area contributed by atoms with E-state index >= 15 is 0 Å². The zero-order valence-electron chi connectivity index (χ0n) is 29.7. The number of nitrogens with zero attached hydrogens (tertiary/aromatic N) is 6. The van der Waals surface area contributed by atoms with Gasteiger partial charge in [0, 0.05) is 30.1 Å². The van der Waals surface area contributed by atoms with Gasteiger partial charge in [-0.05, 0) is 76.2 Å². The lowest BCUT2D eigenvalue weighted by molar-refractivity contribution is -0.116. The summed E-state index contributed by atoms with van der Waals surface area (Å²) < 4.78 is 39.3. The van der Waals surface area contributed by atoms with Crippen molar-refractivity contribution >= 4 is 31.1 Å². The van der Waals surface area contributed by atoms with Crippen LogP contribution < -0.4 is 22.0 Å². The molecular formula is C36H43N8O8P. The van der Waals surface area contributed by atoms with Gasteiger partial charge in [-0.1, -0.05) is 43.3 Å². The first-order chi connectivity index (χ1) is 25.5. The molecule has 2 aliphatic rings. The number of benzene rings is 2. The molecule has 2 amide bonds. The largest absolute Gasteiger partial charge is 0.352 e. The van der Waals surface area contributed by atoms with Gasteiger partial charge < -0.3 is 24.6 Å². The molecule has 0 radical (unpaired) electrons. The van der Waals surface area contributed by atoms with Crippen molar-refractivity contribution in [1.29, 1.82) is 0 Å². The van der Waals surface area contributed by atoms with Crippen molar-refractivity contribution < 1.29 is 28.2 Å². The van der Waals surface area contributed by atoms with E-state index in [2.05, 4.69) is 20.6 Å². The number of hydrogen-bond acceptors (Lipinski definition) is 10. The maximum absolute atomic E-state index is 14.6. The van der Waals surface area contributed by atoms with Crippen LogP contribution in [-0.2, 0) is 18.6 Å². The molecule has 2 aromatic carbocycles. The van der Waals surface area contributed by atoms with Crippen LogP contribution in [0.5, 0.6) is 0 Å². The Morgan fingerprint density at radius 1 is 0.792 bits per heavy atom. The molecule has 280 valence electrons. The summed E-state index contributed by atoms with van der Waals surface area (Å²) >= 11 is 0. The number of rotatable bonds is 12. The average Bonchev–Trinajstić information content (AvgIpc) is 3.17. The third kappa shape index (κ3) is 9.04. The summed E-state index contributed by atoms with van der Waals surface area (Å²) in [5.74, 6) is -0.558. The molecule has 0 unspecified atom stereocenters. The van der Waals surface area contributed by atoms with Crippen LogP contribution in [-0.4, -0.2) is 86.3 Å². The van der Waals surface area contributed by atoms with Gasteiger partial charge >= 0.3 is 19.0 Å². The standard InChI is InChI=1S/C36H43N8O8P/c1-4-27-22-42(23-32(51-27)44-21-19-30(40-36(44)48)38-34(46)26-14-9-6-10-15-26)53(49,41(2)3)50-24-28-16-11-17-31(52-28)43-20-18-29(39-35(43)47)37-33(45)25-12-7-5-8-13-25/h5-10,12-15,18-21,27-28,31-32H,4,11,16-17,22-24H2,1-3H3,(H,37,39,45,47)(H,38,40,46,48)/t27-,28+,31-,32-,53+/m1/s1. The number of amides is 2. The molecule has 4 heterocycles. The minimum Gasteiger partial charge on any atom is -0.352 e. The molecule has 2 aromatic heterocycles. The summed E-state index contributed by atoms with van der Waals surface area (Å²) in [6.45, 7) is 2.27. The second-order valence-electron chi connectivity index (χ2n) is 12.9. The molecule has 53 heavy (non-hydrogen) atoms. The van der Waals surface area contributed by atoms with E-state index < -0.39 is 43.5 Å². The van der Waals surface area contributed by atoms with Crippen molar-refractivity contribution in [1.82, 2.24) is 28.4 Å². The monoisotopic (exact) mass is 746 g/mol. The quantitative estimate of drug-likeness (QED) is 0.196. The van der Waals surface area contributed by atoms with Crippen LogP contribution in [0.2, 0.25) is 0 Å². The molecule has 2 fully saturated rings. The second-order valence-corrected chi connectivity index (χ2v) is 15.5. The van der Waals surface area contributed by atoms with Crippen molar-refractivity contribution in [3.63, 3.8) is 0 Å². The van der Waals surface area contributed by atoms with E-state index in [4.69, 9.17) is 14.0 Å². The molecular weight excluding hydrogens is 703 g/mol. The summed E-state index contributed by atoms with van der Waals surface area (Å²) in [5.41, 5.74) is -0.357. The highest BCUT2D eigenvalue weighted by Gasteiger charge is 2.42. The SMILES string of the molecule is CC[C@@H]1CN([P@@](=O)(OC[C@@H]2CCC[C@H](n3ccc(NC(=O)c4ccccc4)nc3=O)O2)N(C)C)C[C@H](n2ccc(NC(=O)c3ccccc3)nc2=O)O1. The lowest BCUT2D eigenvalue weighted by Crippen LogP contribution is -2.48. The molecule has 0 bridgehead atoms. The number of carbonyl (C=O) groups excluding carboxylic acids is 2. The van der Waals surface area contributed by atoms with Gasteiger partial charge in [0.1, 0.15) is 17.9 Å². The molecule has 16 nitrogen and oxygen atoms in total. The molecule has 17 heteroatoms. The molecule has 0 saturated carbocycles. The molecule has 5 atom stereocenters. The van der Waals surface area contributed by atoms with Gasteiger partial charge in [0.2, 0.25) is 0 Å². The van der Waals surface area contributed by atoms with Crippen LogP contribution in [0.1, 0.15) is 65.8 Å². The van der Waals surface area contributed by atoms with E-state index in [1.165, 1.54) is 32.3 Å². The first-order valence-corrected chi connectivity index (χ1v) is 19.0. The Balaban J connectivity index is 1.11. The first-order valence-electron chi connectivity index (χ1n) is 17.4. The fourth-order valence-corrected chi connectivity index (χ4v) is 8.17. The Labute approximate surface area is 306 Å². The lowest BCUT2D eigenvalue weighted by Gasteiger charge is -2.43. The minimum absolute atomic E-state index is 0.0184. The number of carbonyl (C=O) groups is 2. The normalized spacial score (nSPS) is 21.8. The highest BCUT2D eigenvalue weighted by molar-refractivity contribution is 7.53. The highest BCUT2D eigenvalue weighted by Crippen LogP contribution is 2.54. The molecule has 0 aliphatic carbocycles. The van der Waals surface area contributed by atoms with Crippen LogP contribution in [0, 0.1) is 0 Å². The lowest BCUT2D eigenvalue weighted by atomic mass is 10.1. The molecule has 2 saturated heterocycles. The van der Waals surface area contributed by atoms with Crippen LogP contribution in [0.4, 0.5) is 11.6 Å². The zero-order chi connectivity index (χ0) is 37.5. The van der Waals surface area contributed by atoms with Gasteiger partial charge in [-0.2, -0.15) is 9.97 Å². The van der Waals surface area contributed by atoms with Crippen molar-refractivity contribution in [2.45, 2.75) is 57.3 Å². The molecule has 4 aromatic rings. The number of morpholine rings is 1. The van der Waals surface area contributed by atoms with Crippen molar-refractivity contribution in [2.75, 3.05) is 44.4 Å². The number of anilines is 2. The smallest absolute Gasteiger partial charge is 0.351 e. The van der Waals surface area contributed by atoms with Gasteiger partial charge in [-0.15, -0.1) is 0 Å². The summed E-state index contributed by atoms with van der Waals surface area (Å²) in [4.78, 5) is 59.4. The highest BCUT2D eigenvalue weighted by atomic mass is 31.2. The topological polar surface area (TPSA) is 179 Å². The second kappa shape index (κ2) is 16.9. The predicted octanol–water partition coefficient (Wildman–Crippen LogP) is 4.37. The van der Waals surface area contributed by atoms with Gasteiger partial charge in [0.05, 0.1) is 25.4 Å². The number of aromatic nitrogens is 4. The molecule has 2 aliphatic heterocycles. The van der Waals surface area contributed by atoms with Gasteiger partial charge in [-0.25, -0.2) is 18.9 Å². The summed E-state index contributed by atoms with van der Waals surface area (Å²) in [7, 11) is -0.344. The van der Waals surface area contributed by atoms with Crippen LogP contribution in [0.3, 0.4) is 0 Å². The fourth-order valence-electron chi connectivity index (χ4n) is 6.18. The van der Waals surface area contributed by atoms with Crippen LogP contribution in [0.15, 0.2) is 94.8 Å². The number of hydrogen-bond donors (Lipinski definition) is 2. The average molecular weight is 747 g/mol. The Kier molecular flexibility index (Phi) is 12.1. The van der Waals surface area contributed by atoms with E-state index in [1.807, 2.05) is 6.92 Å². The van der Waals surface area contributed by atoms with Crippen LogP contribution >= 0.6 is 7.67 Å². The Morgan fingerprint density at radius 3 is 1.83 bits per heavy atom. The summed E-state index contributed by atoms with van der Waals surface area (Å²) in [6, 6.07) is 20.3. The third-order valence-corrected chi connectivity index (χ3v) is 11.6. The Morgan fingerprint density at radius 2 is 1.32 bits per heavy atom. The van der Waals surface area contributed by atoms with Gasteiger partial charge in [-0.3, -0.25) is 23.3 Å². The number of ether oxygens (including phenoxy) is 2. The van der Waals surface area contributed by atoms with E-state index in [-0.39, 0.29) is 43.3 Å². The third-order valence-electron chi connectivity index (χ3n) is 9.04. The maximum atomic E-state index is 14.6.